The van der Waals surface area contributed by atoms with Crippen LogP contribution in [-0.4, -0.2) is 28.8 Å². The highest BCUT2D eigenvalue weighted by Gasteiger charge is 2.36. The number of carbonyl (C=O) groups is 1. The number of nitrogens with zero attached hydrogens (tertiary/aromatic N) is 1. The van der Waals surface area contributed by atoms with E-state index in [1.807, 2.05) is 13.8 Å². The smallest absolute Gasteiger partial charge is 0.272 e. The van der Waals surface area contributed by atoms with Gasteiger partial charge in [0.05, 0.1) is 17.9 Å². The maximum absolute atomic E-state index is 12.3. The SMILES string of the molecule is C[C@@H]1Cc2c(C(=O)NCCC3(C)CC3)n[nH]c2[C@H](C)O1. The average Bonchev–Trinajstić information content (AvgIpc) is 2.95. The first-order chi connectivity index (χ1) is 9.48. The van der Waals surface area contributed by atoms with Gasteiger partial charge in [-0.3, -0.25) is 9.89 Å². The molecule has 1 aliphatic carbocycles. The summed E-state index contributed by atoms with van der Waals surface area (Å²) in [6, 6.07) is 0. The van der Waals surface area contributed by atoms with Crippen LogP contribution in [0.3, 0.4) is 0 Å². The van der Waals surface area contributed by atoms with E-state index < -0.39 is 0 Å². The number of rotatable bonds is 4. The molecule has 1 fully saturated rings. The van der Waals surface area contributed by atoms with Crippen LogP contribution < -0.4 is 5.32 Å². The number of hydrogen-bond acceptors (Lipinski definition) is 3. The molecule has 0 aromatic carbocycles. The van der Waals surface area contributed by atoms with E-state index in [2.05, 4.69) is 22.4 Å². The van der Waals surface area contributed by atoms with Crippen molar-refractivity contribution in [3.63, 3.8) is 0 Å². The number of aromatic nitrogens is 2. The predicted octanol–water partition coefficient (Wildman–Crippen LogP) is 2.35. The molecule has 1 aromatic heterocycles. The van der Waals surface area contributed by atoms with Gasteiger partial charge in [-0.25, -0.2) is 0 Å². The Labute approximate surface area is 119 Å². The fourth-order valence-electron chi connectivity index (χ4n) is 2.89. The molecule has 1 saturated carbocycles. The molecule has 5 nitrogen and oxygen atoms in total. The van der Waals surface area contributed by atoms with Crippen molar-refractivity contribution in [1.29, 1.82) is 0 Å². The van der Waals surface area contributed by atoms with Gasteiger partial charge in [0.25, 0.3) is 5.91 Å². The lowest BCUT2D eigenvalue weighted by molar-refractivity contribution is -0.00697. The lowest BCUT2D eigenvalue weighted by Gasteiger charge is -2.25. The highest BCUT2D eigenvalue weighted by Crippen LogP contribution is 2.47. The number of aromatic amines is 1. The molecule has 110 valence electrons. The van der Waals surface area contributed by atoms with Crippen molar-refractivity contribution in [2.75, 3.05) is 6.54 Å². The highest BCUT2D eigenvalue weighted by molar-refractivity contribution is 5.94. The molecule has 20 heavy (non-hydrogen) atoms. The van der Waals surface area contributed by atoms with E-state index in [9.17, 15) is 4.79 Å². The number of amides is 1. The van der Waals surface area contributed by atoms with E-state index in [1.165, 1.54) is 12.8 Å². The van der Waals surface area contributed by atoms with Gasteiger partial charge < -0.3 is 10.1 Å². The quantitative estimate of drug-likeness (QED) is 0.887. The topological polar surface area (TPSA) is 67.0 Å². The fourth-order valence-corrected chi connectivity index (χ4v) is 2.89. The van der Waals surface area contributed by atoms with Crippen LogP contribution >= 0.6 is 0 Å². The number of hydrogen-bond donors (Lipinski definition) is 2. The summed E-state index contributed by atoms with van der Waals surface area (Å²) in [7, 11) is 0. The third-order valence-electron chi connectivity index (χ3n) is 4.57. The molecule has 1 aromatic rings. The van der Waals surface area contributed by atoms with Crippen LogP contribution in [0.25, 0.3) is 0 Å². The van der Waals surface area contributed by atoms with Crippen molar-refractivity contribution in [2.45, 2.75) is 58.7 Å². The van der Waals surface area contributed by atoms with Crippen LogP contribution in [0.1, 0.15) is 67.9 Å². The van der Waals surface area contributed by atoms with Gasteiger partial charge >= 0.3 is 0 Å². The second kappa shape index (κ2) is 4.88. The zero-order valence-electron chi connectivity index (χ0n) is 12.5. The second-order valence-corrected chi connectivity index (χ2v) is 6.57. The minimum absolute atomic E-state index is 0.0202. The Bertz CT molecular complexity index is 519. The van der Waals surface area contributed by atoms with Gasteiger partial charge in [0.2, 0.25) is 0 Å². The average molecular weight is 277 g/mol. The highest BCUT2D eigenvalue weighted by atomic mass is 16.5. The van der Waals surface area contributed by atoms with E-state index in [1.54, 1.807) is 0 Å². The molecule has 0 bridgehead atoms. The van der Waals surface area contributed by atoms with E-state index in [-0.39, 0.29) is 18.1 Å². The molecule has 0 unspecified atom stereocenters. The molecule has 2 N–H and O–H groups in total. The summed E-state index contributed by atoms with van der Waals surface area (Å²) >= 11 is 0. The lowest BCUT2D eigenvalue weighted by Crippen LogP contribution is -2.29. The molecule has 2 aliphatic rings. The molecule has 3 rings (SSSR count). The summed E-state index contributed by atoms with van der Waals surface area (Å²) in [4.78, 5) is 12.3. The van der Waals surface area contributed by atoms with Crippen LogP contribution in [0.2, 0.25) is 0 Å². The number of carbonyl (C=O) groups excluding carboxylic acids is 1. The molecule has 0 radical (unpaired) electrons. The van der Waals surface area contributed by atoms with Gasteiger partial charge in [0, 0.05) is 18.5 Å². The Morgan fingerprint density at radius 2 is 2.25 bits per heavy atom. The van der Waals surface area contributed by atoms with Gasteiger partial charge in [-0.1, -0.05) is 6.92 Å². The van der Waals surface area contributed by atoms with Crippen molar-refractivity contribution in [2.24, 2.45) is 5.41 Å². The van der Waals surface area contributed by atoms with Crippen LogP contribution in [0.15, 0.2) is 0 Å². The summed E-state index contributed by atoms with van der Waals surface area (Å²) in [5.74, 6) is -0.0620. The number of nitrogens with one attached hydrogen (secondary N) is 2. The van der Waals surface area contributed by atoms with Gasteiger partial charge in [-0.05, 0) is 38.5 Å². The standard InChI is InChI=1S/C15H23N3O2/c1-9-8-11-12(10(2)20-9)17-18-13(11)14(19)16-7-6-15(3)4-5-15/h9-10H,4-8H2,1-3H3,(H,16,19)(H,17,18)/t9-,10+/m1/s1. The molecule has 5 heteroatoms. The Kier molecular flexibility index (Phi) is 3.32. The molecule has 2 heterocycles. The zero-order chi connectivity index (χ0) is 14.3. The number of fused-ring (bicyclic) bond motifs is 1. The minimum Gasteiger partial charge on any atom is -0.369 e. The third kappa shape index (κ3) is 2.59. The van der Waals surface area contributed by atoms with E-state index >= 15 is 0 Å². The Hall–Kier alpha value is -1.36. The van der Waals surface area contributed by atoms with Crippen molar-refractivity contribution in [1.82, 2.24) is 15.5 Å². The van der Waals surface area contributed by atoms with Gasteiger partial charge in [0.1, 0.15) is 0 Å². The maximum Gasteiger partial charge on any atom is 0.272 e. The predicted molar refractivity (Wildman–Crippen MR) is 75.5 cm³/mol. The molecular formula is C15H23N3O2. The molecule has 2 atom stereocenters. The summed E-state index contributed by atoms with van der Waals surface area (Å²) in [5, 5.41) is 10.2. The van der Waals surface area contributed by atoms with Gasteiger partial charge in [0.15, 0.2) is 5.69 Å². The van der Waals surface area contributed by atoms with Crippen LogP contribution in [-0.2, 0) is 11.2 Å². The van der Waals surface area contributed by atoms with Crippen molar-refractivity contribution < 1.29 is 9.53 Å². The monoisotopic (exact) mass is 277 g/mol. The Morgan fingerprint density at radius 3 is 2.95 bits per heavy atom. The molecule has 1 amide bonds. The first-order valence-electron chi connectivity index (χ1n) is 7.49. The van der Waals surface area contributed by atoms with E-state index in [4.69, 9.17) is 4.74 Å². The van der Waals surface area contributed by atoms with Gasteiger partial charge in [-0.15, -0.1) is 0 Å². The second-order valence-electron chi connectivity index (χ2n) is 6.57. The molecule has 1 aliphatic heterocycles. The van der Waals surface area contributed by atoms with Crippen molar-refractivity contribution in [3.8, 4) is 0 Å². The summed E-state index contributed by atoms with van der Waals surface area (Å²) < 4.78 is 5.74. The third-order valence-corrected chi connectivity index (χ3v) is 4.57. The first kappa shape index (κ1) is 13.6. The molecular weight excluding hydrogens is 254 g/mol. The Balaban J connectivity index is 1.66. The van der Waals surface area contributed by atoms with E-state index in [0.717, 1.165) is 30.6 Å². The largest absolute Gasteiger partial charge is 0.369 e. The van der Waals surface area contributed by atoms with Crippen molar-refractivity contribution in [3.05, 3.63) is 17.0 Å². The minimum atomic E-state index is -0.0620. The van der Waals surface area contributed by atoms with Gasteiger partial charge in [-0.2, -0.15) is 5.10 Å². The van der Waals surface area contributed by atoms with E-state index in [0.29, 0.717) is 11.1 Å². The fraction of sp³-hybridized carbons (Fsp3) is 0.733. The van der Waals surface area contributed by atoms with Crippen LogP contribution in [0.4, 0.5) is 0 Å². The number of ether oxygens (including phenoxy) is 1. The summed E-state index contributed by atoms with van der Waals surface area (Å²) in [5.41, 5.74) is 2.98. The Morgan fingerprint density at radius 1 is 1.50 bits per heavy atom. The number of H-pyrrole nitrogens is 1. The maximum atomic E-state index is 12.3. The lowest BCUT2D eigenvalue weighted by atomic mass is 9.99. The molecule has 0 saturated heterocycles. The summed E-state index contributed by atoms with van der Waals surface area (Å²) in [6.45, 7) is 7.03. The van der Waals surface area contributed by atoms with Crippen LogP contribution in [0.5, 0.6) is 0 Å². The zero-order valence-corrected chi connectivity index (χ0v) is 12.5. The van der Waals surface area contributed by atoms with Crippen LogP contribution in [0, 0.1) is 5.41 Å². The summed E-state index contributed by atoms with van der Waals surface area (Å²) in [6.07, 6.45) is 4.48. The normalized spacial score (nSPS) is 26.9. The first-order valence-corrected chi connectivity index (χ1v) is 7.49. The van der Waals surface area contributed by atoms with Crippen molar-refractivity contribution >= 4 is 5.91 Å². The molecule has 0 spiro atoms.